The predicted octanol–water partition coefficient (Wildman–Crippen LogP) is 4.10. The van der Waals surface area contributed by atoms with E-state index in [1.807, 2.05) is 31.2 Å². The number of fused-ring (bicyclic) bond motifs is 1. The van der Waals surface area contributed by atoms with E-state index < -0.39 is 0 Å². The summed E-state index contributed by atoms with van der Waals surface area (Å²) in [6, 6.07) is 18.9. The molecule has 0 N–H and O–H groups in total. The van der Waals surface area contributed by atoms with E-state index in [0.717, 1.165) is 48.1 Å². The highest BCUT2D eigenvalue weighted by Crippen LogP contribution is 2.35. The average molecular weight is 357 g/mol. The zero-order valence-electron chi connectivity index (χ0n) is 15.8. The van der Waals surface area contributed by atoms with E-state index >= 15 is 0 Å². The van der Waals surface area contributed by atoms with Crippen LogP contribution in [0.1, 0.15) is 35.4 Å². The number of nitrogens with zero attached hydrogens (tertiary/aromatic N) is 3. The summed E-state index contributed by atoms with van der Waals surface area (Å²) in [6.07, 6.45) is 2.05. The second-order valence-corrected chi connectivity index (χ2v) is 7.39. The maximum absolute atomic E-state index is 12.8. The molecule has 2 heterocycles. The van der Waals surface area contributed by atoms with Crippen molar-refractivity contribution < 1.29 is 0 Å². The molecule has 4 heteroatoms. The van der Waals surface area contributed by atoms with Gasteiger partial charge in [-0.25, -0.2) is 0 Å². The fraction of sp³-hybridized carbons (Fsp3) is 0.304. The minimum atomic E-state index is -0.212. The first-order valence-corrected chi connectivity index (χ1v) is 9.43. The van der Waals surface area contributed by atoms with Crippen molar-refractivity contribution in [2.45, 2.75) is 25.7 Å². The molecule has 27 heavy (non-hydrogen) atoms. The van der Waals surface area contributed by atoms with Gasteiger partial charge in [-0.15, -0.1) is 0 Å². The molecule has 136 valence electrons. The molecule has 4 nitrogen and oxygen atoms in total. The second kappa shape index (κ2) is 6.92. The number of hydrogen-bond donors (Lipinski definition) is 0. The highest BCUT2D eigenvalue weighted by Gasteiger charge is 2.25. The van der Waals surface area contributed by atoms with E-state index in [1.54, 1.807) is 11.6 Å². The van der Waals surface area contributed by atoms with Gasteiger partial charge in [0.2, 0.25) is 0 Å². The van der Waals surface area contributed by atoms with Gasteiger partial charge in [-0.05, 0) is 42.9 Å². The van der Waals surface area contributed by atoms with Crippen LogP contribution in [0.15, 0.2) is 53.3 Å². The Morgan fingerprint density at radius 3 is 2.44 bits per heavy atom. The number of aromatic nitrogens is 1. The van der Waals surface area contributed by atoms with Crippen LogP contribution in [-0.4, -0.2) is 17.7 Å². The van der Waals surface area contributed by atoms with Gasteiger partial charge < -0.3 is 9.47 Å². The summed E-state index contributed by atoms with van der Waals surface area (Å²) >= 11 is 0. The number of benzene rings is 2. The number of piperidine rings is 1. The Hall–Kier alpha value is -3.06. The van der Waals surface area contributed by atoms with E-state index in [1.165, 1.54) is 5.56 Å². The van der Waals surface area contributed by atoms with E-state index in [2.05, 4.69) is 35.2 Å². The normalized spacial score (nSPS) is 15.1. The first-order chi connectivity index (χ1) is 13.1. The molecule has 1 fully saturated rings. The summed E-state index contributed by atoms with van der Waals surface area (Å²) in [7, 11) is 1.75. The van der Waals surface area contributed by atoms with Gasteiger partial charge in [0.15, 0.2) is 0 Å². The lowest BCUT2D eigenvalue weighted by molar-refractivity contribution is 0.506. The molecule has 2 aromatic carbocycles. The molecule has 0 spiro atoms. The molecule has 1 saturated heterocycles. The molecule has 0 aliphatic carbocycles. The zero-order chi connectivity index (χ0) is 19.0. The Bertz CT molecular complexity index is 1080. The zero-order valence-corrected chi connectivity index (χ0v) is 15.8. The fourth-order valence-electron chi connectivity index (χ4n) is 4.22. The van der Waals surface area contributed by atoms with Crippen LogP contribution in [0.25, 0.3) is 10.9 Å². The summed E-state index contributed by atoms with van der Waals surface area (Å²) < 4.78 is 1.60. The molecular weight excluding hydrogens is 334 g/mol. The molecule has 1 aromatic heterocycles. The maximum Gasteiger partial charge on any atom is 0.270 e. The van der Waals surface area contributed by atoms with Crippen LogP contribution in [0.2, 0.25) is 0 Å². The highest BCUT2D eigenvalue weighted by molar-refractivity contribution is 5.95. The lowest BCUT2D eigenvalue weighted by atomic mass is 9.89. The summed E-state index contributed by atoms with van der Waals surface area (Å²) in [5.74, 6) is 0.535. The van der Waals surface area contributed by atoms with Crippen molar-refractivity contribution in [2.75, 3.05) is 18.0 Å². The van der Waals surface area contributed by atoms with Gasteiger partial charge in [-0.2, -0.15) is 5.26 Å². The number of anilines is 1. The Kier molecular flexibility index (Phi) is 4.45. The van der Waals surface area contributed by atoms with Gasteiger partial charge in [-0.1, -0.05) is 42.5 Å². The van der Waals surface area contributed by atoms with Crippen LogP contribution in [-0.2, 0) is 7.05 Å². The fourth-order valence-corrected chi connectivity index (χ4v) is 4.22. The van der Waals surface area contributed by atoms with E-state index in [-0.39, 0.29) is 11.1 Å². The van der Waals surface area contributed by atoms with E-state index in [9.17, 15) is 10.1 Å². The van der Waals surface area contributed by atoms with Crippen LogP contribution < -0.4 is 10.5 Å². The quantitative estimate of drug-likeness (QED) is 0.694. The molecule has 1 aliphatic heterocycles. The van der Waals surface area contributed by atoms with Crippen LogP contribution in [0, 0.1) is 18.3 Å². The van der Waals surface area contributed by atoms with Crippen LogP contribution in [0.4, 0.5) is 5.69 Å². The molecule has 1 aliphatic rings. The molecule has 0 bridgehead atoms. The lowest BCUT2D eigenvalue weighted by Crippen LogP contribution is -2.35. The Labute approximate surface area is 159 Å². The lowest BCUT2D eigenvalue weighted by Gasteiger charge is -2.35. The van der Waals surface area contributed by atoms with Crippen LogP contribution >= 0.6 is 0 Å². The predicted molar refractivity (Wildman–Crippen MR) is 109 cm³/mol. The standard InChI is InChI=1S/C23H23N3O/c1-16-8-9-19-21(14-16)25(2)23(27)20(15-24)22(19)26-12-10-18(11-13-26)17-6-4-3-5-7-17/h3-9,14,18H,10-13H2,1-2H3. The molecule has 4 rings (SSSR count). The van der Waals surface area contributed by atoms with Gasteiger partial charge in [-0.3, -0.25) is 4.79 Å². The van der Waals surface area contributed by atoms with E-state index in [4.69, 9.17) is 0 Å². The molecular formula is C23H23N3O. The first kappa shape index (κ1) is 17.4. The van der Waals surface area contributed by atoms with Crippen molar-refractivity contribution in [3.63, 3.8) is 0 Å². The number of pyridine rings is 1. The van der Waals surface area contributed by atoms with Crippen LogP contribution in [0.3, 0.4) is 0 Å². The number of rotatable bonds is 2. The first-order valence-electron chi connectivity index (χ1n) is 9.43. The van der Waals surface area contributed by atoms with E-state index in [0.29, 0.717) is 5.92 Å². The maximum atomic E-state index is 12.8. The van der Waals surface area contributed by atoms with Crippen molar-refractivity contribution in [2.24, 2.45) is 7.05 Å². The van der Waals surface area contributed by atoms with Gasteiger partial charge in [0.1, 0.15) is 11.6 Å². The topological polar surface area (TPSA) is 49.0 Å². The minimum absolute atomic E-state index is 0.212. The minimum Gasteiger partial charge on any atom is -0.370 e. The monoisotopic (exact) mass is 357 g/mol. The molecule has 0 unspecified atom stereocenters. The van der Waals surface area contributed by atoms with Crippen molar-refractivity contribution in [1.29, 1.82) is 5.26 Å². The number of hydrogen-bond acceptors (Lipinski definition) is 3. The highest BCUT2D eigenvalue weighted by atomic mass is 16.1. The van der Waals surface area contributed by atoms with Gasteiger partial charge in [0.25, 0.3) is 5.56 Å². The molecule has 0 atom stereocenters. The van der Waals surface area contributed by atoms with Crippen molar-refractivity contribution in [3.05, 3.63) is 75.6 Å². The Morgan fingerprint density at radius 2 is 1.78 bits per heavy atom. The van der Waals surface area contributed by atoms with Gasteiger partial charge in [0, 0.05) is 25.5 Å². The third-order valence-corrected chi connectivity index (χ3v) is 5.72. The summed E-state index contributed by atoms with van der Waals surface area (Å²) in [5.41, 5.74) is 4.22. The third kappa shape index (κ3) is 3.00. The third-order valence-electron chi connectivity index (χ3n) is 5.72. The number of aryl methyl sites for hydroxylation is 2. The van der Waals surface area contributed by atoms with Crippen LogP contribution in [0.5, 0.6) is 0 Å². The van der Waals surface area contributed by atoms with Gasteiger partial charge in [0.05, 0.1) is 11.2 Å². The average Bonchev–Trinajstić information content (AvgIpc) is 2.71. The van der Waals surface area contributed by atoms with Gasteiger partial charge >= 0.3 is 0 Å². The number of nitriles is 1. The Balaban J connectivity index is 1.75. The van der Waals surface area contributed by atoms with Crippen molar-refractivity contribution in [1.82, 2.24) is 4.57 Å². The Morgan fingerprint density at radius 1 is 1.07 bits per heavy atom. The van der Waals surface area contributed by atoms with Crippen molar-refractivity contribution in [3.8, 4) is 6.07 Å². The summed E-state index contributed by atoms with van der Waals surface area (Å²) in [6.45, 7) is 3.72. The van der Waals surface area contributed by atoms with Crippen molar-refractivity contribution >= 4 is 16.6 Å². The molecule has 0 radical (unpaired) electrons. The smallest absolute Gasteiger partial charge is 0.270 e. The summed E-state index contributed by atoms with van der Waals surface area (Å²) in [4.78, 5) is 15.0. The molecule has 3 aromatic rings. The summed E-state index contributed by atoms with van der Waals surface area (Å²) in [5, 5.41) is 10.7. The molecule has 0 amide bonds. The largest absolute Gasteiger partial charge is 0.370 e. The second-order valence-electron chi connectivity index (χ2n) is 7.39. The molecule has 0 saturated carbocycles. The SMILES string of the molecule is Cc1ccc2c(N3CCC(c4ccccc4)CC3)c(C#N)c(=O)n(C)c2c1.